The number of fused-ring (bicyclic) bond motifs is 1. The highest BCUT2D eigenvalue weighted by Crippen LogP contribution is 2.30. The lowest BCUT2D eigenvalue weighted by molar-refractivity contribution is 0.102. The number of amides is 1. The molecule has 0 aliphatic rings. The van der Waals surface area contributed by atoms with Crippen LogP contribution in [0.25, 0.3) is 20.9 Å². The normalized spacial score (nSPS) is 10.8. The minimum atomic E-state index is -0.122. The highest BCUT2D eigenvalue weighted by Gasteiger charge is 2.09. The fourth-order valence-corrected chi connectivity index (χ4v) is 3.44. The number of pyridine rings is 1. The molecule has 0 unspecified atom stereocenters. The Morgan fingerprint density at radius 2 is 1.88 bits per heavy atom. The van der Waals surface area contributed by atoms with Gasteiger partial charge in [0, 0.05) is 23.0 Å². The molecule has 2 aromatic carbocycles. The Kier molecular flexibility index (Phi) is 3.99. The molecule has 0 spiro atoms. The zero-order valence-corrected chi connectivity index (χ0v) is 14.4. The Hall–Kier alpha value is -3.05. The summed E-state index contributed by atoms with van der Waals surface area (Å²) >= 11 is 1.54. The van der Waals surface area contributed by atoms with E-state index in [1.165, 1.54) is 0 Å². The number of hydrogen-bond donors (Lipinski definition) is 1. The smallest absolute Gasteiger partial charge is 0.255 e. The molecule has 0 saturated carbocycles. The van der Waals surface area contributed by atoms with Gasteiger partial charge < -0.3 is 5.32 Å². The van der Waals surface area contributed by atoms with E-state index < -0.39 is 0 Å². The second-order valence-electron chi connectivity index (χ2n) is 5.75. The number of anilines is 1. The molecular weight excluding hydrogens is 330 g/mol. The second-order valence-corrected chi connectivity index (χ2v) is 6.73. The van der Waals surface area contributed by atoms with E-state index in [0.29, 0.717) is 5.56 Å². The van der Waals surface area contributed by atoms with Crippen molar-refractivity contribution in [3.63, 3.8) is 0 Å². The third kappa shape index (κ3) is 3.27. The lowest BCUT2D eigenvalue weighted by Crippen LogP contribution is -2.11. The van der Waals surface area contributed by atoms with E-state index in [1.54, 1.807) is 17.5 Å². The van der Waals surface area contributed by atoms with Crippen molar-refractivity contribution >= 4 is 33.3 Å². The third-order valence-electron chi connectivity index (χ3n) is 3.85. The predicted octanol–water partition coefficient (Wildman–Crippen LogP) is 4.92. The maximum absolute atomic E-state index is 12.4. The molecule has 122 valence electrons. The minimum Gasteiger partial charge on any atom is -0.322 e. The van der Waals surface area contributed by atoms with Crippen LogP contribution in [0, 0.1) is 6.92 Å². The van der Waals surface area contributed by atoms with Gasteiger partial charge in [0.2, 0.25) is 0 Å². The first-order chi connectivity index (χ1) is 12.2. The van der Waals surface area contributed by atoms with Gasteiger partial charge in [-0.2, -0.15) is 0 Å². The molecular formula is C20H15N3OS. The van der Waals surface area contributed by atoms with Crippen LogP contribution < -0.4 is 5.32 Å². The Bertz CT molecular complexity index is 1020. The van der Waals surface area contributed by atoms with E-state index in [0.717, 1.165) is 32.2 Å². The summed E-state index contributed by atoms with van der Waals surface area (Å²) in [7, 11) is 0. The molecule has 1 amide bonds. The molecule has 0 aliphatic carbocycles. The van der Waals surface area contributed by atoms with E-state index in [2.05, 4.69) is 15.3 Å². The average molecular weight is 345 g/mol. The molecule has 2 heterocycles. The Morgan fingerprint density at radius 1 is 1.04 bits per heavy atom. The molecule has 0 bridgehead atoms. The van der Waals surface area contributed by atoms with Crippen molar-refractivity contribution in [2.45, 2.75) is 6.92 Å². The number of aryl methyl sites for hydroxylation is 1. The van der Waals surface area contributed by atoms with E-state index in [1.807, 2.05) is 67.6 Å². The molecule has 0 atom stereocenters. The molecule has 4 rings (SSSR count). The maximum Gasteiger partial charge on any atom is 0.255 e. The Labute approximate surface area is 149 Å². The molecule has 0 aliphatic heterocycles. The molecule has 4 nitrogen and oxygen atoms in total. The van der Waals surface area contributed by atoms with Crippen molar-refractivity contribution in [3.8, 4) is 10.6 Å². The molecule has 0 saturated heterocycles. The lowest BCUT2D eigenvalue weighted by atomic mass is 10.1. The van der Waals surface area contributed by atoms with Gasteiger partial charge in [-0.3, -0.25) is 4.79 Å². The number of thiazole rings is 1. The number of hydrogen-bond acceptors (Lipinski definition) is 4. The van der Waals surface area contributed by atoms with Gasteiger partial charge in [0.05, 0.1) is 0 Å². The summed E-state index contributed by atoms with van der Waals surface area (Å²) in [4.78, 5) is 22.2. The largest absolute Gasteiger partial charge is 0.322 e. The van der Waals surface area contributed by atoms with Crippen LogP contribution in [0.2, 0.25) is 0 Å². The number of benzene rings is 2. The monoisotopic (exact) mass is 345 g/mol. The summed E-state index contributed by atoms with van der Waals surface area (Å²) in [5.74, 6) is -0.122. The average Bonchev–Trinajstić information content (AvgIpc) is 3.07. The maximum atomic E-state index is 12.4. The van der Waals surface area contributed by atoms with Crippen molar-refractivity contribution in [2.24, 2.45) is 0 Å². The van der Waals surface area contributed by atoms with E-state index in [4.69, 9.17) is 0 Å². The highest BCUT2D eigenvalue weighted by atomic mass is 32.1. The fraction of sp³-hybridized carbons (Fsp3) is 0.0500. The van der Waals surface area contributed by atoms with E-state index >= 15 is 0 Å². The Balaban J connectivity index is 1.60. The quantitative estimate of drug-likeness (QED) is 0.573. The van der Waals surface area contributed by atoms with E-state index in [-0.39, 0.29) is 5.91 Å². The van der Waals surface area contributed by atoms with Gasteiger partial charge in [0.15, 0.2) is 0 Å². The number of rotatable bonds is 3. The van der Waals surface area contributed by atoms with Gasteiger partial charge in [0.25, 0.3) is 5.91 Å². The van der Waals surface area contributed by atoms with Crippen LogP contribution in [0.15, 0.2) is 66.9 Å². The van der Waals surface area contributed by atoms with Gasteiger partial charge in [-0.15, -0.1) is 0 Å². The first-order valence-corrected chi connectivity index (χ1v) is 8.71. The van der Waals surface area contributed by atoms with Crippen LogP contribution in [0.1, 0.15) is 15.9 Å². The highest BCUT2D eigenvalue weighted by molar-refractivity contribution is 7.21. The summed E-state index contributed by atoms with van der Waals surface area (Å²) in [6, 6.07) is 19.1. The molecule has 5 heteroatoms. The van der Waals surface area contributed by atoms with Gasteiger partial charge in [-0.25, -0.2) is 9.97 Å². The number of nitrogens with one attached hydrogen (secondary N) is 1. The molecule has 1 N–H and O–H groups in total. The van der Waals surface area contributed by atoms with Crippen molar-refractivity contribution < 1.29 is 4.79 Å². The second kappa shape index (κ2) is 6.45. The fourth-order valence-electron chi connectivity index (χ4n) is 2.53. The summed E-state index contributed by atoms with van der Waals surface area (Å²) in [6.45, 7) is 2.00. The van der Waals surface area contributed by atoms with Crippen molar-refractivity contribution in [3.05, 3.63) is 78.0 Å². The van der Waals surface area contributed by atoms with Crippen molar-refractivity contribution in [1.29, 1.82) is 0 Å². The predicted molar refractivity (Wildman–Crippen MR) is 102 cm³/mol. The standard InChI is InChI=1S/C20H15N3OS/c1-13-7-9-14(10-8-13)18(24)22-16-5-2-4-15(12-16)19-23-17-6-3-11-21-20(17)25-19/h2-12H,1H3,(H,22,24). The molecule has 0 radical (unpaired) electrons. The van der Waals surface area contributed by atoms with Gasteiger partial charge in [0.1, 0.15) is 15.4 Å². The molecule has 4 aromatic rings. The van der Waals surface area contributed by atoms with Gasteiger partial charge in [-0.05, 0) is 43.3 Å². The van der Waals surface area contributed by atoms with Crippen LogP contribution in [0.5, 0.6) is 0 Å². The van der Waals surface area contributed by atoms with Gasteiger partial charge in [-0.1, -0.05) is 41.2 Å². The number of carbonyl (C=O) groups is 1. The van der Waals surface area contributed by atoms with Crippen LogP contribution in [0.3, 0.4) is 0 Å². The van der Waals surface area contributed by atoms with Crippen LogP contribution in [-0.4, -0.2) is 15.9 Å². The van der Waals surface area contributed by atoms with Crippen LogP contribution in [0.4, 0.5) is 5.69 Å². The van der Waals surface area contributed by atoms with Gasteiger partial charge >= 0.3 is 0 Å². The van der Waals surface area contributed by atoms with Crippen LogP contribution >= 0.6 is 11.3 Å². The first-order valence-electron chi connectivity index (χ1n) is 7.89. The number of carbonyl (C=O) groups excluding carboxylic acids is 1. The zero-order chi connectivity index (χ0) is 17.2. The minimum absolute atomic E-state index is 0.122. The number of nitrogens with zero attached hydrogens (tertiary/aromatic N) is 2. The van der Waals surface area contributed by atoms with Crippen molar-refractivity contribution in [1.82, 2.24) is 9.97 Å². The summed E-state index contributed by atoms with van der Waals surface area (Å²) in [5.41, 5.74) is 4.36. The van der Waals surface area contributed by atoms with Crippen molar-refractivity contribution in [2.75, 3.05) is 5.32 Å². The number of aromatic nitrogens is 2. The summed E-state index contributed by atoms with van der Waals surface area (Å²) in [5, 5.41) is 3.83. The topological polar surface area (TPSA) is 54.9 Å². The van der Waals surface area contributed by atoms with Crippen LogP contribution in [-0.2, 0) is 0 Å². The lowest BCUT2D eigenvalue weighted by Gasteiger charge is -2.07. The Morgan fingerprint density at radius 3 is 2.68 bits per heavy atom. The molecule has 2 aromatic heterocycles. The van der Waals surface area contributed by atoms with E-state index in [9.17, 15) is 4.79 Å². The summed E-state index contributed by atoms with van der Waals surface area (Å²) in [6.07, 6.45) is 1.77. The summed E-state index contributed by atoms with van der Waals surface area (Å²) < 4.78 is 0. The third-order valence-corrected chi connectivity index (χ3v) is 4.88. The SMILES string of the molecule is Cc1ccc(C(=O)Nc2cccc(-c3nc4cccnc4s3)c2)cc1. The zero-order valence-electron chi connectivity index (χ0n) is 13.6. The molecule has 25 heavy (non-hydrogen) atoms. The first kappa shape index (κ1) is 15.5. The molecule has 0 fully saturated rings.